The van der Waals surface area contributed by atoms with Crippen LogP contribution in [0.1, 0.15) is 24.8 Å². The number of nitrogens with zero attached hydrogens (tertiary/aromatic N) is 6. The molecular weight excluding hydrogens is 487 g/mol. The molecular formula is C27H23FN8S. The minimum atomic E-state index is -0.243. The first-order valence-electron chi connectivity index (χ1n) is 12.3. The Labute approximate surface area is 215 Å². The minimum absolute atomic E-state index is 0.243. The maximum atomic E-state index is 13.7. The summed E-state index contributed by atoms with van der Waals surface area (Å²) >= 11 is 1.07. The highest BCUT2D eigenvalue weighted by atomic mass is 32.1. The van der Waals surface area contributed by atoms with Crippen molar-refractivity contribution in [2.24, 2.45) is 0 Å². The molecule has 10 heteroatoms. The predicted octanol–water partition coefficient (Wildman–Crippen LogP) is 5.81. The number of H-pyrrole nitrogens is 2. The van der Waals surface area contributed by atoms with Crippen molar-refractivity contribution in [2.75, 3.05) is 13.1 Å². The molecule has 0 amide bonds. The van der Waals surface area contributed by atoms with Crippen molar-refractivity contribution in [3.8, 4) is 33.2 Å². The fourth-order valence-electron chi connectivity index (χ4n) is 5.00. The summed E-state index contributed by atoms with van der Waals surface area (Å²) in [5.74, 6) is 0.578. The van der Waals surface area contributed by atoms with Gasteiger partial charge in [-0.3, -0.25) is 20.0 Å². The van der Waals surface area contributed by atoms with Crippen molar-refractivity contribution >= 4 is 33.4 Å². The lowest BCUT2D eigenvalue weighted by molar-refractivity contribution is 0.220. The van der Waals surface area contributed by atoms with E-state index in [9.17, 15) is 4.39 Å². The van der Waals surface area contributed by atoms with E-state index in [1.807, 2.05) is 24.5 Å². The van der Waals surface area contributed by atoms with Gasteiger partial charge >= 0.3 is 0 Å². The number of imidazole rings is 1. The van der Waals surface area contributed by atoms with E-state index >= 15 is 0 Å². The molecule has 7 rings (SSSR count). The summed E-state index contributed by atoms with van der Waals surface area (Å²) in [6.07, 6.45) is 11.1. The van der Waals surface area contributed by atoms with E-state index in [1.165, 1.54) is 30.9 Å². The zero-order valence-corrected chi connectivity index (χ0v) is 20.7. The molecule has 1 aliphatic heterocycles. The van der Waals surface area contributed by atoms with Crippen LogP contribution in [0.2, 0.25) is 0 Å². The molecule has 8 nitrogen and oxygen atoms in total. The van der Waals surface area contributed by atoms with Gasteiger partial charge < -0.3 is 4.98 Å². The van der Waals surface area contributed by atoms with Crippen molar-refractivity contribution in [2.45, 2.75) is 25.8 Å². The summed E-state index contributed by atoms with van der Waals surface area (Å²) in [6.45, 7) is 3.19. The number of pyridine rings is 3. The first kappa shape index (κ1) is 22.2. The third-order valence-electron chi connectivity index (χ3n) is 6.81. The van der Waals surface area contributed by atoms with Gasteiger partial charge in [-0.1, -0.05) is 6.42 Å². The number of aromatic nitrogens is 7. The van der Waals surface area contributed by atoms with Gasteiger partial charge in [-0.2, -0.15) is 9.49 Å². The van der Waals surface area contributed by atoms with E-state index < -0.39 is 0 Å². The molecule has 0 unspecified atom stereocenters. The second-order valence-corrected chi connectivity index (χ2v) is 10.4. The first-order chi connectivity index (χ1) is 18.2. The number of fused-ring (bicyclic) bond motifs is 2. The molecule has 0 aliphatic carbocycles. The average molecular weight is 511 g/mol. The summed E-state index contributed by atoms with van der Waals surface area (Å²) in [4.78, 5) is 25.2. The molecule has 6 aromatic heterocycles. The van der Waals surface area contributed by atoms with Gasteiger partial charge in [-0.25, -0.2) is 9.97 Å². The average Bonchev–Trinajstić information content (AvgIpc) is 3.66. The van der Waals surface area contributed by atoms with E-state index in [0.29, 0.717) is 17.0 Å². The topological polar surface area (TPSA) is 99.3 Å². The van der Waals surface area contributed by atoms with Crippen LogP contribution in [0.15, 0.2) is 55.1 Å². The highest BCUT2D eigenvalue weighted by Crippen LogP contribution is 2.34. The van der Waals surface area contributed by atoms with Crippen LogP contribution in [0.3, 0.4) is 0 Å². The van der Waals surface area contributed by atoms with Crippen molar-refractivity contribution < 1.29 is 4.39 Å². The van der Waals surface area contributed by atoms with E-state index in [2.05, 4.69) is 36.1 Å². The summed E-state index contributed by atoms with van der Waals surface area (Å²) < 4.78 is 13.7. The molecule has 1 saturated heterocycles. The van der Waals surface area contributed by atoms with Gasteiger partial charge in [-0.15, -0.1) is 11.3 Å². The number of hydrogen-bond acceptors (Lipinski definition) is 7. The van der Waals surface area contributed by atoms with E-state index in [0.717, 1.165) is 69.2 Å². The summed E-state index contributed by atoms with van der Waals surface area (Å²) in [5, 5.41) is 7.34. The SMILES string of the molecule is Fc1ccc(-c2cncc3[nH]c(-c4n[nH]c5ccc(-c6cncc(CN7CCCCC7)c6)nc45)nc23)s1. The lowest BCUT2D eigenvalue weighted by Crippen LogP contribution is -2.29. The van der Waals surface area contributed by atoms with Gasteiger partial charge in [0.05, 0.1) is 22.9 Å². The maximum absolute atomic E-state index is 13.7. The predicted molar refractivity (Wildman–Crippen MR) is 142 cm³/mol. The van der Waals surface area contributed by atoms with Crippen molar-refractivity contribution in [1.29, 1.82) is 0 Å². The second kappa shape index (κ2) is 9.13. The lowest BCUT2D eigenvalue weighted by Gasteiger charge is -2.26. The standard InChI is InChI=1S/C27H23FN8S/c28-23-7-6-22(37-23)18-13-30-14-21-24(18)33-27(32-21)26-25-20(34-35-26)5-4-19(31-25)17-10-16(11-29-12-17)15-36-8-2-1-3-9-36/h4-7,10-14H,1-3,8-9,15H2,(H,32,33)(H,34,35). The Morgan fingerprint density at radius 1 is 0.892 bits per heavy atom. The Hall–Kier alpha value is -4.02. The largest absolute Gasteiger partial charge is 0.335 e. The summed E-state index contributed by atoms with van der Waals surface area (Å²) in [6, 6.07) is 9.34. The number of rotatable bonds is 5. The molecule has 2 N–H and O–H groups in total. The number of piperidine rings is 1. The fraction of sp³-hybridized carbons (Fsp3) is 0.222. The maximum Gasteiger partial charge on any atom is 0.176 e. The zero-order chi connectivity index (χ0) is 24.8. The van der Waals surface area contributed by atoms with Crippen LogP contribution < -0.4 is 0 Å². The zero-order valence-electron chi connectivity index (χ0n) is 19.9. The molecule has 184 valence electrons. The van der Waals surface area contributed by atoms with Crippen molar-refractivity contribution in [3.05, 3.63) is 65.8 Å². The third-order valence-corrected chi connectivity index (χ3v) is 7.72. The van der Waals surface area contributed by atoms with Crippen LogP contribution in [-0.4, -0.2) is 53.1 Å². The third kappa shape index (κ3) is 4.17. The molecule has 37 heavy (non-hydrogen) atoms. The van der Waals surface area contributed by atoms with Gasteiger partial charge in [0.1, 0.15) is 11.0 Å². The monoisotopic (exact) mass is 510 g/mol. The number of likely N-dealkylation sites (tertiary alicyclic amines) is 1. The van der Waals surface area contributed by atoms with Crippen LogP contribution >= 0.6 is 11.3 Å². The van der Waals surface area contributed by atoms with Gasteiger partial charge in [0, 0.05) is 41.1 Å². The van der Waals surface area contributed by atoms with Crippen molar-refractivity contribution in [1.82, 2.24) is 40.0 Å². The number of halogens is 1. The number of aromatic amines is 2. The van der Waals surface area contributed by atoms with Crippen molar-refractivity contribution in [3.63, 3.8) is 0 Å². The molecule has 0 aromatic carbocycles. The Bertz CT molecular complexity index is 1730. The van der Waals surface area contributed by atoms with Gasteiger partial charge in [-0.05, 0) is 61.8 Å². The molecule has 6 aromatic rings. The first-order valence-corrected chi connectivity index (χ1v) is 13.1. The van der Waals surface area contributed by atoms with Crippen LogP contribution in [0.5, 0.6) is 0 Å². The van der Waals surface area contributed by atoms with Gasteiger partial charge in [0.25, 0.3) is 0 Å². The smallest absolute Gasteiger partial charge is 0.176 e. The van der Waals surface area contributed by atoms with Gasteiger partial charge in [0.15, 0.2) is 16.6 Å². The molecule has 1 aliphatic rings. The van der Waals surface area contributed by atoms with E-state index in [1.54, 1.807) is 18.5 Å². The Morgan fingerprint density at radius 2 is 1.78 bits per heavy atom. The quantitative estimate of drug-likeness (QED) is 0.304. The summed E-state index contributed by atoms with van der Waals surface area (Å²) in [5.41, 5.74) is 7.39. The normalized spacial score (nSPS) is 14.6. The Kier molecular flexibility index (Phi) is 5.48. The summed E-state index contributed by atoms with van der Waals surface area (Å²) in [7, 11) is 0. The van der Waals surface area contributed by atoms with Crippen LogP contribution in [-0.2, 0) is 6.54 Å². The van der Waals surface area contributed by atoms with Crippen LogP contribution in [0.4, 0.5) is 4.39 Å². The molecule has 0 radical (unpaired) electrons. The number of nitrogens with one attached hydrogen (secondary N) is 2. The van der Waals surface area contributed by atoms with Gasteiger partial charge in [0.2, 0.25) is 0 Å². The van der Waals surface area contributed by atoms with E-state index in [-0.39, 0.29) is 5.13 Å². The number of hydrogen-bond donors (Lipinski definition) is 2. The second-order valence-electron chi connectivity index (χ2n) is 9.36. The highest BCUT2D eigenvalue weighted by molar-refractivity contribution is 7.14. The van der Waals surface area contributed by atoms with Crippen LogP contribution in [0.25, 0.3) is 55.3 Å². The molecule has 0 bridgehead atoms. The molecule has 0 spiro atoms. The Balaban J connectivity index is 1.26. The molecule has 0 saturated carbocycles. The Morgan fingerprint density at radius 3 is 2.65 bits per heavy atom. The minimum Gasteiger partial charge on any atom is -0.335 e. The van der Waals surface area contributed by atoms with Crippen LogP contribution in [0, 0.1) is 5.13 Å². The molecule has 1 fully saturated rings. The fourth-order valence-corrected chi connectivity index (χ4v) is 5.74. The highest BCUT2D eigenvalue weighted by Gasteiger charge is 2.18. The lowest BCUT2D eigenvalue weighted by atomic mass is 10.1. The molecule has 0 atom stereocenters. The van der Waals surface area contributed by atoms with E-state index in [4.69, 9.17) is 9.97 Å². The number of thiophene rings is 1. The molecule has 7 heterocycles.